The number of hydrogen-bond acceptors (Lipinski definition) is 4. The highest BCUT2D eigenvalue weighted by molar-refractivity contribution is 7.89. The van der Waals surface area contributed by atoms with E-state index >= 15 is 0 Å². The summed E-state index contributed by atoms with van der Waals surface area (Å²) in [4.78, 5) is 14.0. The van der Waals surface area contributed by atoms with Crippen molar-refractivity contribution >= 4 is 15.8 Å². The van der Waals surface area contributed by atoms with Crippen LogP contribution >= 0.6 is 0 Å². The minimum Gasteiger partial charge on any atom is -0.300 e. The number of nitrogens with zero attached hydrogens (tertiary/aromatic N) is 2. The van der Waals surface area contributed by atoms with Crippen molar-refractivity contribution in [2.75, 3.05) is 32.7 Å². The van der Waals surface area contributed by atoms with E-state index in [4.69, 9.17) is 0 Å². The van der Waals surface area contributed by atoms with Crippen LogP contribution in [0.3, 0.4) is 0 Å². The molecule has 0 unspecified atom stereocenters. The largest absolute Gasteiger partial charge is 0.300 e. The molecule has 5 nitrogen and oxygen atoms in total. The molecule has 0 atom stereocenters. The second-order valence-electron chi connectivity index (χ2n) is 6.57. The molecular formula is C20H24N2O3S. The third kappa shape index (κ3) is 4.38. The molecule has 0 amide bonds. The Labute approximate surface area is 155 Å². The van der Waals surface area contributed by atoms with Crippen molar-refractivity contribution in [3.8, 4) is 0 Å². The van der Waals surface area contributed by atoms with Gasteiger partial charge in [-0.25, -0.2) is 8.42 Å². The number of piperazine rings is 1. The maximum atomic E-state index is 12.8. The van der Waals surface area contributed by atoms with E-state index in [-0.39, 0.29) is 10.7 Å². The van der Waals surface area contributed by atoms with Crippen LogP contribution in [0.15, 0.2) is 59.5 Å². The van der Waals surface area contributed by atoms with Crippen LogP contribution in [0, 0.1) is 0 Å². The van der Waals surface area contributed by atoms with Crippen LogP contribution in [-0.2, 0) is 16.4 Å². The van der Waals surface area contributed by atoms with Gasteiger partial charge < -0.3 is 4.90 Å². The van der Waals surface area contributed by atoms with Gasteiger partial charge in [0.05, 0.1) is 4.90 Å². The summed E-state index contributed by atoms with van der Waals surface area (Å²) in [5, 5.41) is 0. The Balaban J connectivity index is 1.60. The number of benzene rings is 2. The van der Waals surface area contributed by atoms with Gasteiger partial charge in [0.25, 0.3) is 0 Å². The first-order valence-electron chi connectivity index (χ1n) is 8.84. The van der Waals surface area contributed by atoms with Crippen LogP contribution in [0.1, 0.15) is 22.8 Å². The summed E-state index contributed by atoms with van der Waals surface area (Å²) >= 11 is 0. The number of carbonyl (C=O) groups excluding carboxylic acids is 1. The van der Waals surface area contributed by atoms with Gasteiger partial charge in [0, 0.05) is 38.3 Å². The summed E-state index contributed by atoms with van der Waals surface area (Å²) in [6.45, 7) is 4.76. The third-order valence-corrected chi connectivity index (χ3v) is 6.66. The summed E-state index contributed by atoms with van der Waals surface area (Å²) in [7, 11) is -3.55. The van der Waals surface area contributed by atoms with E-state index in [0.717, 1.165) is 26.1 Å². The van der Waals surface area contributed by atoms with Crippen LogP contribution < -0.4 is 0 Å². The number of sulfonamides is 1. The van der Waals surface area contributed by atoms with Crippen molar-refractivity contribution in [3.05, 3.63) is 65.7 Å². The second-order valence-corrected chi connectivity index (χ2v) is 8.50. The van der Waals surface area contributed by atoms with Gasteiger partial charge in [-0.3, -0.25) is 4.79 Å². The molecule has 0 aliphatic carbocycles. The van der Waals surface area contributed by atoms with Gasteiger partial charge in [-0.15, -0.1) is 0 Å². The molecule has 0 aromatic heterocycles. The van der Waals surface area contributed by atoms with Gasteiger partial charge in [0.2, 0.25) is 10.0 Å². The van der Waals surface area contributed by atoms with E-state index in [1.807, 2.05) is 18.2 Å². The van der Waals surface area contributed by atoms with Crippen LogP contribution in [0.5, 0.6) is 0 Å². The summed E-state index contributed by atoms with van der Waals surface area (Å²) in [6.07, 6.45) is 0.967. The Hall–Kier alpha value is -2.02. The van der Waals surface area contributed by atoms with Crippen molar-refractivity contribution < 1.29 is 13.2 Å². The second kappa shape index (κ2) is 8.12. The lowest BCUT2D eigenvalue weighted by Gasteiger charge is -2.34. The molecule has 0 radical (unpaired) electrons. The Morgan fingerprint density at radius 3 is 2.31 bits per heavy atom. The molecule has 138 valence electrons. The predicted molar refractivity (Wildman–Crippen MR) is 102 cm³/mol. The molecule has 1 heterocycles. The molecule has 0 bridgehead atoms. The molecule has 1 saturated heterocycles. The fraction of sp³-hybridized carbons (Fsp3) is 0.350. The summed E-state index contributed by atoms with van der Waals surface area (Å²) in [5.74, 6) is -0.132. The molecule has 26 heavy (non-hydrogen) atoms. The van der Waals surface area contributed by atoms with Gasteiger partial charge in [0.15, 0.2) is 5.78 Å². The highest BCUT2D eigenvalue weighted by Gasteiger charge is 2.28. The van der Waals surface area contributed by atoms with Crippen LogP contribution in [0.25, 0.3) is 0 Å². The van der Waals surface area contributed by atoms with E-state index in [2.05, 4.69) is 17.0 Å². The molecule has 1 fully saturated rings. The van der Waals surface area contributed by atoms with Crippen molar-refractivity contribution in [2.24, 2.45) is 0 Å². The highest BCUT2D eigenvalue weighted by atomic mass is 32.2. The van der Waals surface area contributed by atoms with Gasteiger partial charge >= 0.3 is 0 Å². The number of ketones is 1. The fourth-order valence-corrected chi connectivity index (χ4v) is 4.62. The predicted octanol–water partition coefficient (Wildman–Crippen LogP) is 2.44. The number of Topliss-reactive ketones (excluding diaryl/α,β-unsaturated/α-hetero) is 1. The molecule has 0 N–H and O–H groups in total. The highest BCUT2D eigenvalue weighted by Crippen LogP contribution is 2.19. The Bertz CT molecular complexity index is 858. The zero-order valence-corrected chi connectivity index (χ0v) is 15.8. The van der Waals surface area contributed by atoms with Crippen molar-refractivity contribution in [3.63, 3.8) is 0 Å². The lowest BCUT2D eigenvalue weighted by molar-refractivity contribution is 0.101. The lowest BCUT2D eigenvalue weighted by atomic mass is 10.1. The molecule has 6 heteroatoms. The van der Waals surface area contributed by atoms with Crippen molar-refractivity contribution in [1.29, 1.82) is 0 Å². The lowest BCUT2D eigenvalue weighted by Crippen LogP contribution is -2.49. The van der Waals surface area contributed by atoms with Gasteiger partial charge in [-0.2, -0.15) is 4.31 Å². The van der Waals surface area contributed by atoms with Gasteiger partial charge in [-0.1, -0.05) is 42.5 Å². The molecule has 3 rings (SSSR count). The topological polar surface area (TPSA) is 57.7 Å². The maximum Gasteiger partial charge on any atom is 0.243 e. The number of rotatable bonds is 6. The van der Waals surface area contributed by atoms with Gasteiger partial charge in [-0.05, 0) is 31.0 Å². The van der Waals surface area contributed by atoms with Crippen molar-refractivity contribution in [2.45, 2.75) is 18.2 Å². The number of carbonyl (C=O) groups is 1. The van der Waals surface area contributed by atoms with E-state index in [0.29, 0.717) is 18.7 Å². The zero-order valence-electron chi connectivity index (χ0n) is 15.0. The smallest absolute Gasteiger partial charge is 0.243 e. The molecule has 2 aromatic carbocycles. The minimum absolute atomic E-state index is 0.132. The summed E-state index contributed by atoms with van der Waals surface area (Å²) in [5.41, 5.74) is 1.72. The number of hydrogen-bond donors (Lipinski definition) is 0. The molecular weight excluding hydrogens is 348 g/mol. The first-order chi connectivity index (χ1) is 12.5. The SMILES string of the molecule is CC(=O)c1cccc(S(=O)(=O)N2CCN(CCc3ccccc3)CC2)c1. The Kier molecular flexibility index (Phi) is 5.86. The first kappa shape index (κ1) is 18.8. The fourth-order valence-electron chi connectivity index (χ4n) is 3.15. The molecule has 1 aliphatic heterocycles. The van der Waals surface area contributed by atoms with Crippen LogP contribution in [0.2, 0.25) is 0 Å². The normalized spacial score (nSPS) is 16.5. The molecule has 1 aliphatic rings. The molecule has 2 aromatic rings. The van der Waals surface area contributed by atoms with E-state index in [1.54, 1.807) is 18.2 Å². The Morgan fingerprint density at radius 1 is 0.962 bits per heavy atom. The summed E-state index contributed by atoms with van der Waals surface area (Å²) in [6, 6.07) is 16.6. The average molecular weight is 372 g/mol. The zero-order chi connectivity index (χ0) is 18.6. The van der Waals surface area contributed by atoms with Crippen LogP contribution in [-0.4, -0.2) is 56.1 Å². The average Bonchev–Trinajstić information content (AvgIpc) is 2.67. The minimum atomic E-state index is -3.55. The molecule has 0 spiro atoms. The third-order valence-electron chi connectivity index (χ3n) is 4.77. The molecule has 0 saturated carbocycles. The quantitative estimate of drug-likeness (QED) is 0.731. The Morgan fingerprint density at radius 2 is 1.65 bits per heavy atom. The van der Waals surface area contributed by atoms with E-state index in [9.17, 15) is 13.2 Å². The monoisotopic (exact) mass is 372 g/mol. The van der Waals surface area contributed by atoms with Gasteiger partial charge in [0.1, 0.15) is 0 Å². The van der Waals surface area contributed by atoms with E-state index < -0.39 is 10.0 Å². The summed E-state index contributed by atoms with van der Waals surface area (Å²) < 4.78 is 27.2. The standard InChI is InChI=1S/C20H24N2O3S/c1-17(23)19-8-5-9-20(16-19)26(24,25)22-14-12-21(13-15-22)11-10-18-6-3-2-4-7-18/h2-9,16H,10-15H2,1H3. The van der Waals surface area contributed by atoms with Crippen molar-refractivity contribution in [1.82, 2.24) is 9.21 Å². The van der Waals surface area contributed by atoms with Crippen LogP contribution in [0.4, 0.5) is 0 Å². The maximum absolute atomic E-state index is 12.8. The van der Waals surface area contributed by atoms with E-state index in [1.165, 1.54) is 22.9 Å². The first-order valence-corrected chi connectivity index (χ1v) is 10.3.